The lowest BCUT2D eigenvalue weighted by atomic mass is 10.2. The van der Waals surface area contributed by atoms with Crippen LogP contribution in [0, 0.1) is 6.92 Å². The smallest absolute Gasteiger partial charge is 0.216 e. The van der Waals surface area contributed by atoms with E-state index in [-0.39, 0.29) is 0 Å². The first kappa shape index (κ1) is 13.1. The Balaban J connectivity index is 2.07. The van der Waals surface area contributed by atoms with Gasteiger partial charge in [-0.1, -0.05) is 12.1 Å². The largest absolute Gasteiger partial charge is 0.497 e. The summed E-state index contributed by atoms with van der Waals surface area (Å²) < 4.78 is 10.8. The lowest BCUT2D eigenvalue weighted by Crippen LogP contribution is -2.00. The van der Waals surface area contributed by atoms with Crippen LogP contribution >= 0.6 is 0 Å². The normalized spacial score (nSPS) is 10.0. The average Bonchev–Trinajstić information content (AvgIpc) is 2.46. The Bertz CT molecular complexity index is 581. The molecule has 0 atom stereocenters. The van der Waals surface area contributed by atoms with Crippen LogP contribution < -0.4 is 9.47 Å². The van der Waals surface area contributed by atoms with Gasteiger partial charge >= 0.3 is 0 Å². The molecule has 4 nitrogen and oxygen atoms in total. The summed E-state index contributed by atoms with van der Waals surface area (Å²) >= 11 is 0. The lowest BCUT2D eigenvalue weighted by Gasteiger charge is -2.09. The molecule has 2 aromatic rings. The molecule has 0 aliphatic heterocycles. The number of benzene rings is 1. The number of aromatic nitrogens is 1. The topological polar surface area (TPSA) is 48.4 Å². The first-order valence-corrected chi connectivity index (χ1v) is 5.90. The van der Waals surface area contributed by atoms with Gasteiger partial charge < -0.3 is 9.47 Å². The molecule has 1 heterocycles. The predicted octanol–water partition coefficient (Wildman–Crippen LogP) is 2.79. The average molecular weight is 257 g/mol. The fourth-order valence-corrected chi connectivity index (χ4v) is 1.71. The Labute approximate surface area is 112 Å². The molecule has 0 saturated carbocycles. The van der Waals surface area contributed by atoms with E-state index in [1.165, 1.54) is 6.20 Å². The van der Waals surface area contributed by atoms with Gasteiger partial charge in [0.1, 0.15) is 12.4 Å². The Kier molecular flexibility index (Phi) is 4.13. The Morgan fingerprint density at radius 2 is 2.16 bits per heavy atom. The number of carbonyl (C=O) groups is 1. The highest BCUT2D eigenvalue weighted by Crippen LogP contribution is 2.18. The molecular formula is C15H15NO3. The molecule has 0 unspecified atom stereocenters. The summed E-state index contributed by atoms with van der Waals surface area (Å²) in [5.41, 5.74) is 2.39. The second kappa shape index (κ2) is 6.00. The van der Waals surface area contributed by atoms with Crippen LogP contribution in [0.1, 0.15) is 21.5 Å². The number of hydrogen-bond acceptors (Lipinski definition) is 4. The maximum Gasteiger partial charge on any atom is 0.216 e. The summed E-state index contributed by atoms with van der Waals surface area (Å²) in [6.45, 7) is 2.27. The minimum Gasteiger partial charge on any atom is -0.497 e. The number of hydrogen-bond donors (Lipinski definition) is 0. The van der Waals surface area contributed by atoms with E-state index >= 15 is 0 Å². The second-order valence-electron chi connectivity index (χ2n) is 4.15. The summed E-state index contributed by atoms with van der Waals surface area (Å²) in [5.74, 6) is 1.33. The maximum atomic E-state index is 10.6. The number of nitrogens with zero attached hydrogens (tertiary/aromatic N) is 1. The van der Waals surface area contributed by atoms with Gasteiger partial charge in [0.2, 0.25) is 5.88 Å². The first-order chi connectivity index (χ1) is 9.22. The van der Waals surface area contributed by atoms with Crippen molar-refractivity contribution >= 4 is 6.29 Å². The predicted molar refractivity (Wildman–Crippen MR) is 71.7 cm³/mol. The van der Waals surface area contributed by atoms with Crippen molar-refractivity contribution in [3.8, 4) is 11.6 Å². The van der Waals surface area contributed by atoms with E-state index in [0.717, 1.165) is 23.2 Å². The molecule has 2 rings (SSSR count). The molecule has 98 valence electrons. The number of ether oxygens (including phenoxy) is 2. The van der Waals surface area contributed by atoms with Crippen LogP contribution in [-0.2, 0) is 6.61 Å². The van der Waals surface area contributed by atoms with Gasteiger partial charge in [-0.05, 0) is 30.7 Å². The lowest BCUT2D eigenvalue weighted by molar-refractivity contribution is 0.112. The zero-order valence-electron chi connectivity index (χ0n) is 10.9. The molecule has 0 spiro atoms. The third-order valence-corrected chi connectivity index (χ3v) is 2.70. The molecule has 19 heavy (non-hydrogen) atoms. The highest BCUT2D eigenvalue weighted by atomic mass is 16.5. The molecule has 0 aliphatic rings. The number of aldehydes is 1. The van der Waals surface area contributed by atoms with Gasteiger partial charge in [-0.3, -0.25) is 4.79 Å². The van der Waals surface area contributed by atoms with Crippen molar-refractivity contribution in [2.24, 2.45) is 0 Å². The summed E-state index contributed by atoms with van der Waals surface area (Å²) in [5, 5.41) is 0. The molecule has 0 amide bonds. The Hall–Kier alpha value is -2.36. The molecule has 0 fully saturated rings. The van der Waals surface area contributed by atoms with Crippen molar-refractivity contribution in [1.29, 1.82) is 0 Å². The van der Waals surface area contributed by atoms with Crippen LogP contribution in [0.15, 0.2) is 36.5 Å². The Morgan fingerprint density at radius 1 is 1.32 bits per heavy atom. The van der Waals surface area contributed by atoms with Crippen LogP contribution in [0.25, 0.3) is 0 Å². The number of carbonyl (C=O) groups excluding carboxylic acids is 1. The van der Waals surface area contributed by atoms with Crippen LogP contribution in [0.2, 0.25) is 0 Å². The summed E-state index contributed by atoms with van der Waals surface area (Å²) in [7, 11) is 1.63. The fraction of sp³-hybridized carbons (Fsp3) is 0.200. The maximum absolute atomic E-state index is 10.6. The summed E-state index contributed by atoms with van der Waals surface area (Å²) in [6, 6.07) is 9.41. The molecular weight excluding hydrogens is 242 g/mol. The van der Waals surface area contributed by atoms with Crippen LogP contribution in [-0.4, -0.2) is 18.4 Å². The quantitative estimate of drug-likeness (QED) is 0.773. The molecule has 0 N–H and O–H groups in total. The van der Waals surface area contributed by atoms with Gasteiger partial charge in [-0.2, -0.15) is 0 Å². The molecule has 1 aromatic carbocycles. The molecule has 1 aromatic heterocycles. The van der Waals surface area contributed by atoms with Crippen LogP contribution in [0.4, 0.5) is 0 Å². The van der Waals surface area contributed by atoms with Gasteiger partial charge in [-0.15, -0.1) is 0 Å². The molecule has 4 heteroatoms. The zero-order valence-corrected chi connectivity index (χ0v) is 10.9. The highest BCUT2D eigenvalue weighted by molar-refractivity contribution is 5.74. The number of rotatable bonds is 5. The zero-order chi connectivity index (χ0) is 13.7. The molecule has 0 bridgehead atoms. The monoisotopic (exact) mass is 257 g/mol. The summed E-state index contributed by atoms with van der Waals surface area (Å²) in [6.07, 6.45) is 2.27. The van der Waals surface area contributed by atoms with Gasteiger partial charge in [0.05, 0.1) is 7.11 Å². The minimum atomic E-state index is 0.408. The van der Waals surface area contributed by atoms with Crippen molar-refractivity contribution < 1.29 is 14.3 Å². The molecule has 0 aliphatic carbocycles. The van der Waals surface area contributed by atoms with Crippen LogP contribution in [0.5, 0.6) is 11.6 Å². The summed E-state index contributed by atoms with van der Waals surface area (Å²) in [4.78, 5) is 14.7. The van der Waals surface area contributed by atoms with Crippen molar-refractivity contribution in [3.63, 3.8) is 0 Å². The van der Waals surface area contributed by atoms with E-state index in [0.29, 0.717) is 18.1 Å². The van der Waals surface area contributed by atoms with E-state index < -0.39 is 0 Å². The SMILES string of the molecule is COc1cccc(COc2ncc(C=O)cc2C)c1. The van der Waals surface area contributed by atoms with E-state index in [1.54, 1.807) is 13.2 Å². The van der Waals surface area contributed by atoms with E-state index in [2.05, 4.69) is 4.98 Å². The van der Waals surface area contributed by atoms with E-state index in [9.17, 15) is 4.79 Å². The third-order valence-electron chi connectivity index (χ3n) is 2.70. The van der Waals surface area contributed by atoms with Gasteiger partial charge in [0.15, 0.2) is 6.29 Å². The van der Waals surface area contributed by atoms with E-state index in [4.69, 9.17) is 9.47 Å². The van der Waals surface area contributed by atoms with Crippen molar-refractivity contribution in [2.45, 2.75) is 13.5 Å². The fourth-order valence-electron chi connectivity index (χ4n) is 1.71. The van der Waals surface area contributed by atoms with Crippen molar-refractivity contribution in [3.05, 3.63) is 53.2 Å². The standard InChI is InChI=1S/C15H15NO3/c1-11-6-13(9-17)8-16-15(11)19-10-12-4-3-5-14(7-12)18-2/h3-9H,10H2,1-2H3. The molecule has 0 radical (unpaired) electrons. The second-order valence-corrected chi connectivity index (χ2v) is 4.15. The van der Waals surface area contributed by atoms with E-state index in [1.807, 2.05) is 31.2 Å². The minimum absolute atomic E-state index is 0.408. The number of methoxy groups -OCH3 is 1. The highest BCUT2D eigenvalue weighted by Gasteiger charge is 2.04. The van der Waals surface area contributed by atoms with Gasteiger partial charge in [0.25, 0.3) is 0 Å². The number of aryl methyl sites for hydroxylation is 1. The van der Waals surface area contributed by atoms with Crippen LogP contribution in [0.3, 0.4) is 0 Å². The van der Waals surface area contributed by atoms with Crippen molar-refractivity contribution in [2.75, 3.05) is 7.11 Å². The molecule has 0 saturated heterocycles. The third kappa shape index (κ3) is 3.31. The Morgan fingerprint density at radius 3 is 2.84 bits per heavy atom. The van der Waals surface area contributed by atoms with Gasteiger partial charge in [0, 0.05) is 17.3 Å². The number of pyridine rings is 1. The van der Waals surface area contributed by atoms with Crippen molar-refractivity contribution in [1.82, 2.24) is 4.98 Å². The first-order valence-electron chi connectivity index (χ1n) is 5.90. The van der Waals surface area contributed by atoms with Gasteiger partial charge in [-0.25, -0.2) is 4.98 Å².